The van der Waals surface area contributed by atoms with Crippen molar-refractivity contribution in [1.29, 1.82) is 0 Å². The van der Waals surface area contributed by atoms with E-state index in [9.17, 15) is 10.1 Å². The van der Waals surface area contributed by atoms with Gasteiger partial charge >= 0.3 is 0 Å². The van der Waals surface area contributed by atoms with E-state index >= 15 is 0 Å². The Bertz CT molecular complexity index is 1130. The van der Waals surface area contributed by atoms with Crippen molar-refractivity contribution in [1.82, 2.24) is 4.98 Å². The molecule has 0 aliphatic rings. The number of para-hydroxylation sites is 1. The lowest BCUT2D eigenvalue weighted by molar-refractivity contribution is -0.384. The van der Waals surface area contributed by atoms with Gasteiger partial charge in [-0.1, -0.05) is 48.8 Å². The normalized spacial score (nSPS) is 13.4. The van der Waals surface area contributed by atoms with Gasteiger partial charge in [-0.25, -0.2) is 4.74 Å². The van der Waals surface area contributed by atoms with Crippen molar-refractivity contribution in [2.45, 2.75) is 25.9 Å². The molecule has 0 fully saturated rings. The van der Waals surface area contributed by atoms with Gasteiger partial charge in [0.05, 0.1) is 9.40 Å². The van der Waals surface area contributed by atoms with E-state index < -0.39 is 17.4 Å². The number of aromatic nitrogens is 1. The van der Waals surface area contributed by atoms with E-state index in [4.69, 9.17) is 9.27 Å². The van der Waals surface area contributed by atoms with Crippen molar-refractivity contribution < 1.29 is 9.45 Å². The van der Waals surface area contributed by atoms with Crippen molar-refractivity contribution >= 4 is 55.8 Å². The molecule has 0 radical (unpaired) electrons. The van der Waals surface area contributed by atoms with E-state index in [0.29, 0.717) is 5.75 Å². The van der Waals surface area contributed by atoms with Gasteiger partial charge in [0.2, 0.25) is 0 Å². The van der Waals surface area contributed by atoms with Crippen LogP contribution in [0.5, 0.6) is 5.75 Å². The first-order valence-corrected chi connectivity index (χ1v) is 12.3. The van der Waals surface area contributed by atoms with Crippen LogP contribution < -0.4 is 9.83 Å². The summed E-state index contributed by atoms with van der Waals surface area (Å²) >= 11 is 7.02. The van der Waals surface area contributed by atoms with Crippen molar-refractivity contribution in [3.8, 4) is 5.75 Å². The van der Waals surface area contributed by atoms with Crippen LogP contribution in [0.1, 0.15) is 20.8 Å². The Kier molecular flexibility index (Phi) is 6.80. The van der Waals surface area contributed by atoms with Gasteiger partial charge in [-0.15, -0.1) is 0 Å². The van der Waals surface area contributed by atoms with Crippen LogP contribution in [0.4, 0.5) is 11.4 Å². The molecule has 3 aromatic rings. The second-order valence-corrected chi connectivity index (χ2v) is 12.6. The maximum atomic E-state index is 11.6. The Balaban J connectivity index is 2.37. The van der Waals surface area contributed by atoms with Crippen molar-refractivity contribution in [3.63, 3.8) is 0 Å². The zero-order valence-electron chi connectivity index (χ0n) is 16.6. The molecule has 2 aromatic carbocycles. The number of nitro groups is 1. The predicted octanol–water partition coefficient (Wildman–Crippen LogP) is 7.47. The molecule has 1 aromatic heterocycles. The third-order valence-corrected chi connectivity index (χ3v) is 9.26. The third-order valence-electron chi connectivity index (χ3n) is 4.37. The summed E-state index contributed by atoms with van der Waals surface area (Å²) < 4.78 is 13.4. The van der Waals surface area contributed by atoms with Gasteiger partial charge in [0.15, 0.2) is 7.28 Å². The Morgan fingerprint density at radius 2 is 1.73 bits per heavy atom. The van der Waals surface area contributed by atoms with Crippen molar-refractivity contribution in [2.24, 2.45) is 4.74 Å². The van der Waals surface area contributed by atoms with E-state index in [2.05, 4.69) is 36.8 Å². The number of nitro benzene ring substituents is 1. The molecule has 0 saturated heterocycles. The Morgan fingerprint density at radius 3 is 2.33 bits per heavy atom. The highest BCUT2D eigenvalue weighted by atomic mass is 79.9. The molecular weight excluding hydrogens is 533 g/mol. The zero-order chi connectivity index (χ0) is 21.9. The second kappa shape index (κ2) is 9.00. The second-order valence-electron chi connectivity index (χ2n) is 7.46. The molecule has 0 saturated carbocycles. The summed E-state index contributed by atoms with van der Waals surface area (Å²) in [5, 5.41) is 12.0. The number of halogens is 2. The van der Waals surface area contributed by atoms with Crippen molar-refractivity contribution in [3.05, 3.63) is 86.1 Å². The molecule has 1 heterocycles. The molecule has 30 heavy (non-hydrogen) atoms. The van der Waals surface area contributed by atoms with E-state index in [1.165, 1.54) is 6.07 Å². The van der Waals surface area contributed by atoms with Crippen LogP contribution in [0.25, 0.3) is 0 Å². The number of rotatable bonds is 5. The van der Waals surface area contributed by atoms with Gasteiger partial charge in [-0.2, -0.15) is 0 Å². The average molecular weight is 553 g/mol. The first-order valence-electron chi connectivity index (χ1n) is 9.05. The lowest BCUT2D eigenvalue weighted by Crippen LogP contribution is -2.27. The quantitative estimate of drug-likeness (QED) is 0.187. The topological polar surface area (TPSA) is 77.6 Å². The molecule has 0 aliphatic carbocycles. The monoisotopic (exact) mass is 551 g/mol. The molecule has 156 valence electrons. The van der Waals surface area contributed by atoms with Gasteiger partial charge < -0.3 is 4.52 Å². The standard InChI is InChI=1S/C21H20Br2N3O3P/c1-21(2,3)30(16-10-12-24-13-11-16,29-20-9-8-15(22)14-17(20)23)25-18-6-4-5-7-19(18)26(27)28/h4-14H,1-3H3/t30-/m0/s1. The summed E-state index contributed by atoms with van der Waals surface area (Å²) in [4.78, 5) is 15.3. The van der Waals surface area contributed by atoms with Gasteiger partial charge in [-0.05, 0) is 52.3 Å². The van der Waals surface area contributed by atoms with Crippen LogP contribution in [0.15, 0.2) is 80.7 Å². The minimum Gasteiger partial charge on any atom is -0.454 e. The Hall–Kier alpha value is -2.02. The molecule has 0 aliphatic heterocycles. The number of hydrogen-bond acceptors (Lipinski definition) is 5. The van der Waals surface area contributed by atoms with E-state index in [1.54, 1.807) is 30.6 Å². The molecule has 9 heteroatoms. The number of hydrogen-bond donors (Lipinski definition) is 0. The summed E-state index contributed by atoms with van der Waals surface area (Å²) in [6, 6.07) is 15.8. The number of pyridine rings is 1. The molecule has 0 bridgehead atoms. The smallest absolute Gasteiger partial charge is 0.294 e. The summed E-state index contributed by atoms with van der Waals surface area (Å²) in [6.07, 6.45) is 3.37. The van der Waals surface area contributed by atoms with Gasteiger partial charge in [0, 0.05) is 33.4 Å². The molecule has 0 amide bonds. The average Bonchev–Trinajstić information content (AvgIpc) is 2.69. The molecule has 6 nitrogen and oxygen atoms in total. The van der Waals surface area contributed by atoms with Crippen LogP contribution in [-0.2, 0) is 0 Å². The third kappa shape index (κ3) is 4.66. The fraction of sp³-hybridized carbons (Fsp3) is 0.190. The van der Waals surface area contributed by atoms with E-state index in [0.717, 1.165) is 14.2 Å². The Morgan fingerprint density at radius 1 is 1.07 bits per heavy atom. The number of nitrogens with zero attached hydrogens (tertiary/aromatic N) is 3. The SMILES string of the molecule is CC(C)(C)[P@@](=Nc1ccccc1[N+](=O)[O-])(Oc1ccc(Br)cc1Br)c1ccncc1. The molecule has 1 atom stereocenters. The lowest BCUT2D eigenvalue weighted by atomic mass is 10.3. The summed E-state index contributed by atoms with van der Waals surface area (Å²) in [5.74, 6) is 0.612. The Labute approximate surface area is 192 Å². The minimum atomic E-state index is -2.85. The fourth-order valence-electron chi connectivity index (χ4n) is 2.90. The molecule has 0 unspecified atom stereocenters. The summed E-state index contributed by atoms with van der Waals surface area (Å²) in [5.41, 5.74) is 0.231. The van der Waals surface area contributed by atoms with E-state index in [-0.39, 0.29) is 11.4 Å². The largest absolute Gasteiger partial charge is 0.454 e. The first-order chi connectivity index (χ1) is 14.1. The summed E-state index contributed by atoms with van der Waals surface area (Å²) in [6.45, 7) is 6.10. The molecule has 0 spiro atoms. The lowest BCUT2D eigenvalue weighted by Gasteiger charge is -2.37. The van der Waals surface area contributed by atoms with E-state index in [1.807, 2.05) is 51.1 Å². The first kappa shape index (κ1) is 22.7. The van der Waals surface area contributed by atoms with Crippen LogP contribution >= 0.6 is 39.1 Å². The maximum Gasteiger partial charge on any atom is 0.294 e. The van der Waals surface area contributed by atoms with Gasteiger partial charge in [0.25, 0.3) is 5.69 Å². The molecule has 3 rings (SSSR count). The zero-order valence-corrected chi connectivity index (χ0v) is 20.7. The highest BCUT2D eigenvalue weighted by molar-refractivity contribution is 9.11. The van der Waals surface area contributed by atoms with Crippen molar-refractivity contribution in [2.75, 3.05) is 0 Å². The van der Waals surface area contributed by atoms with Crippen LogP contribution in [0.3, 0.4) is 0 Å². The fourth-order valence-corrected chi connectivity index (χ4v) is 7.21. The molecule has 0 N–H and O–H groups in total. The summed E-state index contributed by atoms with van der Waals surface area (Å²) in [7, 11) is -2.85. The van der Waals surface area contributed by atoms with Crippen LogP contribution in [0, 0.1) is 10.1 Å². The molecular formula is C21H20Br2N3O3P. The maximum absolute atomic E-state index is 11.6. The van der Waals surface area contributed by atoms with Gasteiger partial charge in [0.1, 0.15) is 11.4 Å². The van der Waals surface area contributed by atoms with Crippen LogP contribution in [-0.4, -0.2) is 15.1 Å². The highest BCUT2D eigenvalue weighted by Crippen LogP contribution is 2.63. The highest BCUT2D eigenvalue weighted by Gasteiger charge is 2.40. The van der Waals surface area contributed by atoms with Crippen LogP contribution in [0.2, 0.25) is 0 Å². The van der Waals surface area contributed by atoms with Gasteiger partial charge in [-0.3, -0.25) is 15.1 Å². The minimum absolute atomic E-state index is 0.0568. The predicted molar refractivity (Wildman–Crippen MR) is 128 cm³/mol. The number of benzene rings is 2.